The van der Waals surface area contributed by atoms with E-state index in [0.29, 0.717) is 23.8 Å². The highest BCUT2D eigenvalue weighted by Crippen LogP contribution is 2.34. The maximum Gasteiger partial charge on any atom is 0.271 e. The van der Waals surface area contributed by atoms with Crippen LogP contribution < -0.4 is 21.3 Å². The fourth-order valence-electron chi connectivity index (χ4n) is 6.98. The molecule has 36 heavy (non-hydrogen) atoms. The lowest BCUT2D eigenvalue weighted by Crippen LogP contribution is -2.49. The van der Waals surface area contributed by atoms with Gasteiger partial charge in [-0.15, -0.1) is 0 Å². The number of aromatic nitrogens is 2. The number of carbonyl (C=O) groups excluding carboxylic acids is 1. The molecule has 192 valence electrons. The predicted molar refractivity (Wildman–Crippen MR) is 143 cm³/mol. The Morgan fingerprint density at radius 2 is 1.75 bits per heavy atom. The Bertz CT molecular complexity index is 1060. The molecule has 4 N–H and O–H groups in total. The number of likely N-dealkylation sites (tertiary alicyclic amines) is 1. The van der Waals surface area contributed by atoms with E-state index in [1.165, 1.54) is 63.6 Å². The van der Waals surface area contributed by atoms with Crippen LogP contribution in [0.1, 0.15) is 79.8 Å². The lowest BCUT2D eigenvalue weighted by molar-refractivity contribution is 0.0996. The molecule has 8 heteroatoms. The molecule has 1 aromatic heterocycles. The number of piperidine rings is 2. The summed E-state index contributed by atoms with van der Waals surface area (Å²) >= 11 is 0. The SMILES string of the molecule is NC(=O)c1ncc(N2CCCC3NCCC32)nc1Nc1ccc(C2CCN(C3CCCC3)CC2)cc1. The maximum atomic E-state index is 12.1. The van der Waals surface area contributed by atoms with E-state index in [1.54, 1.807) is 6.20 Å². The fourth-order valence-corrected chi connectivity index (χ4v) is 6.98. The molecule has 4 heterocycles. The summed E-state index contributed by atoms with van der Waals surface area (Å²) in [5.74, 6) is 1.30. The molecule has 4 fully saturated rings. The molecule has 0 bridgehead atoms. The van der Waals surface area contributed by atoms with Crippen molar-refractivity contribution >= 4 is 23.2 Å². The molecule has 0 spiro atoms. The van der Waals surface area contributed by atoms with Crippen molar-refractivity contribution < 1.29 is 4.79 Å². The van der Waals surface area contributed by atoms with Gasteiger partial charge in [0.05, 0.1) is 6.20 Å². The third-order valence-corrected chi connectivity index (χ3v) is 8.93. The average Bonchev–Trinajstić information content (AvgIpc) is 3.62. The largest absolute Gasteiger partial charge is 0.364 e. The van der Waals surface area contributed by atoms with E-state index >= 15 is 0 Å². The van der Waals surface area contributed by atoms with E-state index in [4.69, 9.17) is 10.7 Å². The van der Waals surface area contributed by atoms with Crippen LogP contribution in [0.2, 0.25) is 0 Å². The number of hydrogen-bond acceptors (Lipinski definition) is 7. The van der Waals surface area contributed by atoms with Gasteiger partial charge in [-0.25, -0.2) is 9.97 Å². The number of anilines is 3. The molecule has 0 radical (unpaired) electrons. The summed E-state index contributed by atoms with van der Waals surface area (Å²) in [5.41, 5.74) is 8.13. The first kappa shape index (κ1) is 23.7. The maximum absolute atomic E-state index is 12.1. The smallest absolute Gasteiger partial charge is 0.271 e. The Morgan fingerprint density at radius 3 is 2.50 bits per heavy atom. The van der Waals surface area contributed by atoms with Crippen molar-refractivity contribution in [3.8, 4) is 0 Å². The molecule has 6 rings (SSSR count). The van der Waals surface area contributed by atoms with Crippen LogP contribution in [0, 0.1) is 0 Å². The topological polar surface area (TPSA) is 99.4 Å². The Labute approximate surface area is 214 Å². The highest BCUT2D eigenvalue weighted by atomic mass is 16.1. The van der Waals surface area contributed by atoms with E-state index in [-0.39, 0.29) is 5.69 Å². The minimum Gasteiger partial charge on any atom is -0.364 e. The van der Waals surface area contributed by atoms with E-state index in [2.05, 4.69) is 49.7 Å². The normalized spacial score (nSPS) is 25.7. The molecule has 1 aliphatic carbocycles. The van der Waals surface area contributed by atoms with Crippen LogP contribution in [0.4, 0.5) is 17.3 Å². The monoisotopic (exact) mass is 489 g/mol. The second kappa shape index (κ2) is 10.3. The van der Waals surface area contributed by atoms with Crippen LogP contribution in [0.3, 0.4) is 0 Å². The summed E-state index contributed by atoms with van der Waals surface area (Å²) in [5, 5.41) is 6.95. The van der Waals surface area contributed by atoms with Crippen LogP contribution in [-0.4, -0.2) is 65.1 Å². The number of carbonyl (C=O) groups is 1. The standard InChI is InChI=1S/C28H39N7O/c29-27(36)26-28(33-25(18-31-26)35-15-3-6-23-24(35)11-14-30-23)32-21-9-7-19(8-10-21)20-12-16-34(17-13-20)22-4-1-2-5-22/h7-10,18,20,22-24,30H,1-6,11-17H2,(H2,29,36)(H,32,33). The zero-order chi connectivity index (χ0) is 24.5. The number of hydrogen-bond donors (Lipinski definition) is 3. The van der Waals surface area contributed by atoms with Crippen molar-refractivity contribution in [2.24, 2.45) is 5.73 Å². The third-order valence-electron chi connectivity index (χ3n) is 8.93. The molecule has 2 atom stereocenters. The summed E-state index contributed by atoms with van der Waals surface area (Å²) in [6.45, 7) is 4.43. The Balaban J connectivity index is 1.15. The number of nitrogens with two attached hydrogens (primary N) is 1. The van der Waals surface area contributed by atoms with Gasteiger partial charge in [0.2, 0.25) is 0 Å². The second-order valence-corrected chi connectivity index (χ2v) is 11.0. The molecular weight excluding hydrogens is 450 g/mol. The van der Waals surface area contributed by atoms with Gasteiger partial charge in [0, 0.05) is 30.4 Å². The first-order chi connectivity index (χ1) is 17.7. The Hall–Kier alpha value is -2.71. The lowest BCUT2D eigenvalue weighted by Gasteiger charge is -2.38. The van der Waals surface area contributed by atoms with Crippen LogP contribution in [-0.2, 0) is 0 Å². The van der Waals surface area contributed by atoms with Gasteiger partial charge < -0.3 is 26.2 Å². The summed E-state index contributed by atoms with van der Waals surface area (Å²) in [4.78, 5) is 26.5. The first-order valence-electron chi connectivity index (χ1n) is 13.9. The molecule has 3 saturated heterocycles. The molecule has 2 aromatic rings. The molecule has 1 saturated carbocycles. The van der Waals surface area contributed by atoms with Crippen LogP contribution in [0.15, 0.2) is 30.5 Å². The van der Waals surface area contributed by atoms with Crippen LogP contribution in [0.25, 0.3) is 0 Å². The minimum absolute atomic E-state index is 0.181. The molecule has 1 amide bonds. The Kier molecular flexibility index (Phi) is 6.80. The van der Waals surface area contributed by atoms with Crippen molar-refractivity contribution in [1.82, 2.24) is 20.2 Å². The van der Waals surface area contributed by atoms with Crippen molar-refractivity contribution in [1.29, 1.82) is 0 Å². The number of nitrogens with one attached hydrogen (secondary N) is 2. The van der Waals surface area contributed by atoms with Crippen LogP contribution in [0.5, 0.6) is 0 Å². The fraction of sp³-hybridized carbons (Fsp3) is 0.607. The average molecular weight is 490 g/mol. The highest BCUT2D eigenvalue weighted by Gasteiger charge is 2.36. The number of amides is 1. The minimum atomic E-state index is -0.568. The van der Waals surface area contributed by atoms with Crippen LogP contribution >= 0.6 is 0 Å². The number of nitrogens with zero attached hydrogens (tertiary/aromatic N) is 4. The quantitative estimate of drug-likeness (QED) is 0.568. The number of primary amides is 1. The third kappa shape index (κ3) is 4.81. The Morgan fingerprint density at radius 1 is 0.972 bits per heavy atom. The number of rotatable bonds is 6. The number of fused-ring (bicyclic) bond motifs is 1. The van der Waals surface area contributed by atoms with Gasteiger partial charge in [-0.05, 0) is 88.2 Å². The molecule has 2 unspecified atom stereocenters. The second-order valence-electron chi connectivity index (χ2n) is 11.0. The van der Waals surface area contributed by atoms with Gasteiger partial charge in [0.1, 0.15) is 5.82 Å². The molecule has 8 nitrogen and oxygen atoms in total. The predicted octanol–water partition coefficient (Wildman–Crippen LogP) is 3.77. The summed E-state index contributed by atoms with van der Waals surface area (Å²) in [7, 11) is 0. The summed E-state index contributed by atoms with van der Waals surface area (Å²) in [6.07, 6.45) is 13.2. The van der Waals surface area contributed by atoms with Gasteiger partial charge in [-0.3, -0.25) is 4.79 Å². The highest BCUT2D eigenvalue weighted by molar-refractivity contribution is 5.96. The zero-order valence-electron chi connectivity index (χ0n) is 21.2. The van der Waals surface area contributed by atoms with Crippen molar-refractivity contribution in [2.75, 3.05) is 36.4 Å². The molecule has 3 aliphatic heterocycles. The molecule has 4 aliphatic rings. The zero-order valence-corrected chi connectivity index (χ0v) is 21.2. The van der Waals surface area contributed by atoms with Gasteiger partial charge in [0.25, 0.3) is 5.91 Å². The lowest BCUT2D eigenvalue weighted by atomic mass is 9.88. The molecule has 1 aromatic carbocycles. The molecular formula is C28H39N7O. The summed E-state index contributed by atoms with van der Waals surface area (Å²) in [6, 6.07) is 10.4. The van der Waals surface area contributed by atoms with Gasteiger partial charge >= 0.3 is 0 Å². The van der Waals surface area contributed by atoms with Gasteiger partial charge in [-0.2, -0.15) is 0 Å². The van der Waals surface area contributed by atoms with E-state index in [1.807, 2.05) is 0 Å². The first-order valence-corrected chi connectivity index (χ1v) is 13.9. The summed E-state index contributed by atoms with van der Waals surface area (Å²) < 4.78 is 0. The van der Waals surface area contributed by atoms with Crippen molar-refractivity contribution in [3.63, 3.8) is 0 Å². The van der Waals surface area contributed by atoms with Crippen molar-refractivity contribution in [2.45, 2.75) is 81.8 Å². The number of benzene rings is 1. The van der Waals surface area contributed by atoms with E-state index < -0.39 is 5.91 Å². The van der Waals surface area contributed by atoms with E-state index in [0.717, 1.165) is 43.5 Å². The van der Waals surface area contributed by atoms with Gasteiger partial charge in [-0.1, -0.05) is 25.0 Å². The van der Waals surface area contributed by atoms with Crippen molar-refractivity contribution in [3.05, 3.63) is 41.7 Å². The van der Waals surface area contributed by atoms with Gasteiger partial charge in [0.15, 0.2) is 11.5 Å². The van der Waals surface area contributed by atoms with E-state index in [9.17, 15) is 4.79 Å².